The van der Waals surface area contributed by atoms with E-state index in [1.165, 1.54) is 0 Å². The van der Waals surface area contributed by atoms with E-state index >= 15 is 0 Å². The van der Waals surface area contributed by atoms with Gasteiger partial charge < -0.3 is 4.52 Å². The molecule has 0 saturated heterocycles. The second-order valence-electron chi connectivity index (χ2n) is 12.0. The summed E-state index contributed by atoms with van der Waals surface area (Å²) < 4.78 is 35.1. The van der Waals surface area contributed by atoms with Crippen LogP contribution in [-0.2, 0) is 27.8 Å². The zero-order valence-corrected chi connectivity index (χ0v) is 26.7. The highest BCUT2D eigenvalue weighted by molar-refractivity contribution is 7.92. The molecular weight excluding hydrogens is 560 g/mol. The Balaban J connectivity index is 1.49. The fourth-order valence-corrected chi connectivity index (χ4v) is 7.56. The minimum Gasteiger partial charge on any atom is -0.359 e. The van der Waals surface area contributed by atoms with Gasteiger partial charge in [-0.2, -0.15) is 0 Å². The Bertz CT molecular complexity index is 1600. The number of carbonyl (C=O) groups is 1. The molecule has 8 nitrogen and oxygen atoms in total. The van der Waals surface area contributed by atoms with E-state index in [0.717, 1.165) is 93.2 Å². The molecule has 9 heteroatoms. The summed E-state index contributed by atoms with van der Waals surface area (Å²) in [5, 5.41) is 3.91. The number of hydrogen-bond acceptors (Lipinski definition) is 6. The zero-order chi connectivity index (χ0) is 30.6. The zero-order valence-electron chi connectivity index (χ0n) is 25.9. The van der Waals surface area contributed by atoms with Crippen LogP contribution in [0.25, 0.3) is 11.1 Å². The van der Waals surface area contributed by atoms with Crippen molar-refractivity contribution >= 4 is 27.6 Å². The highest BCUT2D eigenvalue weighted by Crippen LogP contribution is 2.40. The molecule has 1 saturated carbocycles. The molecule has 2 aromatic carbocycles. The molecule has 1 fully saturated rings. The van der Waals surface area contributed by atoms with E-state index in [1.54, 1.807) is 26.0 Å². The lowest BCUT2D eigenvalue weighted by Crippen LogP contribution is -2.40. The van der Waals surface area contributed by atoms with Gasteiger partial charge in [0.2, 0.25) is 0 Å². The van der Waals surface area contributed by atoms with Crippen molar-refractivity contribution in [1.29, 1.82) is 0 Å². The van der Waals surface area contributed by atoms with Crippen molar-refractivity contribution in [2.45, 2.75) is 115 Å². The van der Waals surface area contributed by atoms with Crippen molar-refractivity contribution in [3.8, 4) is 11.1 Å². The van der Waals surface area contributed by atoms with Crippen LogP contribution in [0.1, 0.15) is 101 Å². The van der Waals surface area contributed by atoms with Crippen molar-refractivity contribution in [3.05, 3.63) is 64.9 Å². The second kappa shape index (κ2) is 13.0. The maximum atomic E-state index is 13.7. The van der Waals surface area contributed by atoms with Gasteiger partial charge in [-0.25, -0.2) is 8.42 Å². The topological polar surface area (TPSA) is 105 Å². The first-order valence-corrected chi connectivity index (χ1v) is 17.2. The summed E-state index contributed by atoms with van der Waals surface area (Å²) in [6.07, 6.45) is 10.6. The molecule has 230 valence electrons. The Hall–Kier alpha value is -3.46. The van der Waals surface area contributed by atoms with Gasteiger partial charge in [-0.15, -0.1) is 0 Å². The van der Waals surface area contributed by atoms with Crippen LogP contribution >= 0.6 is 0 Å². The number of amides is 1. The molecule has 43 heavy (non-hydrogen) atoms. The summed E-state index contributed by atoms with van der Waals surface area (Å²) in [7, 11) is -3.95. The molecule has 2 heterocycles. The highest BCUT2D eigenvalue weighted by atomic mass is 32.2. The number of carbonyl (C=O) groups excluding carboxylic acids is 1. The van der Waals surface area contributed by atoms with Crippen LogP contribution in [0.4, 0.5) is 5.82 Å². The summed E-state index contributed by atoms with van der Waals surface area (Å²) in [5.41, 5.74) is 3.73. The Morgan fingerprint density at radius 1 is 0.953 bits per heavy atom. The predicted molar refractivity (Wildman–Crippen MR) is 171 cm³/mol. The number of sulfonamides is 1. The molecule has 1 aliphatic heterocycles. The third kappa shape index (κ3) is 6.42. The van der Waals surface area contributed by atoms with Crippen LogP contribution in [0, 0.1) is 13.8 Å². The summed E-state index contributed by atoms with van der Waals surface area (Å²) >= 11 is 0. The smallest absolute Gasteiger partial charge is 0.263 e. The normalized spacial score (nSPS) is 16.3. The van der Waals surface area contributed by atoms with E-state index in [4.69, 9.17) is 9.52 Å². The standard InChI is InChI=1S/C34H44N4O4S/c1-5-7-9-14-27-22-26(23-38-31(17-8-6-2)35-34(33(38)39)20-12-13-21-34)18-19-28(27)29-15-10-11-16-30(29)43(40,41)37-32-24(3)25(4)42-36-32/h10-11,15-16,18-19,22H,5-9,12-14,17,20-21,23H2,1-4H3,(H,36,37). The molecule has 5 rings (SSSR count). The predicted octanol–water partition coefficient (Wildman–Crippen LogP) is 7.74. The number of aromatic nitrogens is 1. The van der Waals surface area contributed by atoms with Gasteiger partial charge in [0.05, 0.1) is 11.4 Å². The molecule has 0 bridgehead atoms. The van der Waals surface area contributed by atoms with E-state index in [2.05, 4.69) is 29.8 Å². The van der Waals surface area contributed by atoms with Gasteiger partial charge in [-0.05, 0) is 68.7 Å². The van der Waals surface area contributed by atoms with Crippen LogP contribution in [0.3, 0.4) is 0 Å². The molecular formula is C34H44N4O4S. The van der Waals surface area contributed by atoms with E-state index in [1.807, 2.05) is 29.2 Å². The molecule has 0 radical (unpaired) electrons. The van der Waals surface area contributed by atoms with E-state index in [0.29, 0.717) is 23.4 Å². The largest absolute Gasteiger partial charge is 0.359 e. The Morgan fingerprint density at radius 2 is 1.70 bits per heavy atom. The lowest BCUT2D eigenvalue weighted by Gasteiger charge is -2.23. The number of nitrogens with one attached hydrogen (secondary N) is 1. The Morgan fingerprint density at radius 3 is 2.40 bits per heavy atom. The molecule has 2 aliphatic rings. The van der Waals surface area contributed by atoms with Crippen molar-refractivity contribution in [2.75, 3.05) is 4.72 Å². The van der Waals surface area contributed by atoms with Crippen molar-refractivity contribution in [1.82, 2.24) is 10.1 Å². The summed E-state index contributed by atoms with van der Waals surface area (Å²) in [5.74, 6) is 1.83. The first-order chi connectivity index (χ1) is 20.7. The Kier molecular flexibility index (Phi) is 9.39. The molecule has 0 unspecified atom stereocenters. The number of rotatable bonds is 13. The van der Waals surface area contributed by atoms with Gasteiger partial charge in [0.15, 0.2) is 5.82 Å². The number of anilines is 1. The quantitative estimate of drug-likeness (QED) is 0.201. The maximum absolute atomic E-state index is 13.7. The van der Waals surface area contributed by atoms with E-state index in [9.17, 15) is 13.2 Å². The molecule has 3 aromatic rings. The fraction of sp³-hybridized carbons (Fsp3) is 0.500. The number of hydrogen-bond donors (Lipinski definition) is 1. The molecule has 1 spiro atoms. The SMILES string of the molecule is CCCCCc1cc(CN2C(=O)C3(CCCC3)N=C2CCCC)ccc1-c1ccccc1S(=O)(=O)Nc1noc(C)c1C. The average Bonchev–Trinajstić information content (AvgIpc) is 3.67. The van der Waals surface area contributed by atoms with Gasteiger partial charge in [0.1, 0.15) is 17.1 Å². The van der Waals surface area contributed by atoms with Gasteiger partial charge >= 0.3 is 0 Å². The van der Waals surface area contributed by atoms with Crippen molar-refractivity contribution in [2.24, 2.45) is 4.99 Å². The molecule has 0 atom stereocenters. The van der Waals surface area contributed by atoms with Gasteiger partial charge in [0.25, 0.3) is 15.9 Å². The molecule has 1 amide bonds. The first-order valence-electron chi connectivity index (χ1n) is 15.8. The van der Waals surface area contributed by atoms with Crippen LogP contribution in [0.2, 0.25) is 0 Å². The lowest BCUT2D eigenvalue weighted by molar-refractivity contribution is -0.131. The van der Waals surface area contributed by atoms with Gasteiger partial charge in [0, 0.05) is 17.5 Å². The molecule has 1 N–H and O–H groups in total. The number of aryl methyl sites for hydroxylation is 2. The number of benzene rings is 2. The molecule has 1 aromatic heterocycles. The number of amidine groups is 1. The third-order valence-corrected chi connectivity index (χ3v) is 10.3. The summed E-state index contributed by atoms with van der Waals surface area (Å²) in [6, 6.07) is 13.3. The number of nitrogens with zero attached hydrogens (tertiary/aromatic N) is 3. The fourth-order valence-electron chi connectivity index (χ4n) is 6.28. The van der Waals surface area contributed by atoms with E-state index < -0.39 is 15.6 Å². The summed E-state index contributed by atoms with van der Waals surface area (Å²) in [4.78, 5) is 20.9. The number of unbranched alkanes of at least 4 members (excludes halogenated alkanes) is 3. The van der Waals surface area contributed by atoms with Crippen molar-refractivity contribution < 1.29 is 17.7 Å². The van der Waals surface area contributed by atoms with Crippen molar-refractivity contribution in [3.63, 3.8) is 0 Å². The van der Waals surface area contributed by atoms with E-state index in [-0.39, 0.29) is 16.6 Å². The Labute approximate surface area is 256 Å². The monoisotopic (exact) mass is 604 g/mol. The summed E-state index contributed by atoms with van der Waals surface area (Å²) in [6.45, 7) is 8.35. The lowest BCUT2D eigenvalue weighted by atomic mass is 9.93. The second-order valence-corrected chi connectivity index (χ2v) is 13.7. The third-order valence-electron chi connectivity index (χ3n) is 8.90. The van der Waals surface area contributed by atoms with Crippen LogP contribution < -0.4 is 4.72 Å². The maximum Gasteiger partial charge on any atom is 0.263 e. The highest BCUT2D eigenvalue weighted by Gasteiger charge is 2.49. The minimum absolute atomic E-state index is 0.147. The van der Waals surface area contributed by atoms with Crippen LogP contribution in [0.15, 0.2) is 56.9 Å². The van der Waals surface area contributed by atoms with Crippen LogP contribution in [-0.4, -0.2) is 35.8 Å². The van der Waals surface area contributed by atoms with Crippen LogP contribution in [0.5, 0.6) is 0 Å². The molecule has 1 aliphatic carbocycles. The minimum atomic E-state index is -3.95. The van der Waals surface area contributed by atoms with Gasteiger partial charge in [-0.1, -0.05) is 87.5 Å². The average molecular weight is 605 g/mol. The number of aliphatic imine (C=N–C) groups is 1. The first kappa shape index (κ1) is 31.0. The van der Waals surface area contributed by atoms with Gasteiger partial charge in [-0.3, -0.25) is 19.4 Å².